The van der Waals surface area contributed by atoms with Crippen molar-refractivity contribution in [3.63, 3.8) is 0 Å². The summed E-state index contributed by atoms with van der Waals surface area (Å²) in [5, 5.41) is 0. The van der Waals surface area contributed by atoms with E-state index >= 15 is 0 Å². The van der Waals surface area contributed by atoms with Gasteiger partial charge in [0, 0.05) is 0 Å². The molecule has 1 heterocycles. The van der Waals surface area contributed by atoms with Crippen molar-refractivity contribution in [1.82, 2.24) is 0 Å². The molecule has 1 fully saturated rings. The van der Waals surface area contributed by atoms with Gasteiger partial charge in [-0.25, -0.2) is 0 Å². The minimum atomic E-state index is 0.0397. The maximum atomic E-state index is 6.29. The van der Waals surface area contributed by atoms with E-state index < -0.39 is 0 Å². The Labute approximate surface area is 148 Å². The Morgan fingerprint density at radius 2 is 1.04 bits per heavy atom. The molecule has 1 aliphatic rings. The molecule has 134 valence electrons. The van der Waals surface area contributed by atoms with E-state index in [9.17, 15) is 0 Å². The molecule has 2 aromatic carbocycles. The highest BCUT2D eigenvalue weighted by Gasteiger charge is 2.29. The van der Waals surface area contributed by atoms with Crippen LogP contribution in [0.5, 0.6) is 23.0 Å². The first-order chi connectivity index (χ1) is 12.2. The molecule has 0 bridgehead atoms. The molecule has 1 aliphatic heterocycles. The van der Waals surface area contributed by atoms with E-state index in [0.717, 1.165) is 47.0 Å². The number of ether oxygens (including phenoxy) is 5. The third kappa shape index (κ3) is 3.51. The molecule has 1 saturated heterocycles. The molecule has 0 saturated carbocycles. The van der Waals surface area contributed by atoms with Gasteiger partial charge < -0.3 is 23.7 Å². The molecule has 5 heteroatoms. The van der Waals surface area contributed by atoms with Gasteiger partial charge in [-0.2, -0.15) is 0 Å². The van der Waals surface area contributed by atoms with Crippen LogP contribution in [0.3, 0.4) is 0 Å². The summed E-state index contributed by atoms with van der Waals surface area (Å²) in [5.74, 6) is 2.89. The highest BCUT2D eigenvalue weighted by atomic mass is 16.5. The minimum absolute atomic E-state index is 0.0397. The van der Waals surface area contributed by atoms with Gasteiger partial charge in [0.2, 0.25) is 0 Å². The van der Waals surface area contributed by atoms with E-state index in [4.69, 9.17) is 23.7 Å². The van der Waals surface area contributed by atoms with Crippen LogP contribution >= 0.6 is 0 Å². The van der Waals surface area contributed by atoms with Crippen LogP contribution in [0, 0.1) is 0 Å². The van der Waals surface area contributed by atoms with Crippen molar-refractivity contribution in [2.45, 2.75) is 25.0 Å². The first-order valence-electron chi connectivity index (χ1n) is 8.29. The largest absolute Gasteiger partial charge is 0.493 e. The molecule has 5 nitrogen and oxygen atoms in total. The first-order valence-corrected chi connectivity index (χ1v) is 8.29. The van der Waals surface area contributed by atoms with Crippen LogP contribution in [0.4, 0.5) is 0 Å². The van der Waals surface area contributed by atoms with Crippen molar-refractivity contribution >= 4 is 0 Å². The van der Waals surface area contributed by atoms with Crippen LogP contribution in [0.2, 0.25) is 0 Å². The third-order valence-electron chi connectivity index (χ3n) is 4.58. The summed E-state index contributed by atoms with van der Waals surface area (Å²) in [5.41, 5.74) is 2.20. The third-order valence-corrected chi connectivity index (χ3v) is 4.58. The number of methoxy groups -OCH3 is 4. The molecule has 0 unspecified atom stereocenters. The molecule has 2 atom stereocenters. The van der Waals surface area contributed by atoms with Crippen LogP contribution in [-0.2, 0) is 4.74 Å². The second kappa shape index (κ2) is 7.66. The number of rotatable bonds is 6. The second-order valence-corrected chi connectivity index (χ2v) is 5.92. The molecule has 2 aromatic rings. The summed E-state index contributed by atoms with van der Waals surface area (Å²) < 4.78 is 27.7. The van der Waals surface area contributed by atoms with E-state index in [1.165, 1.54) is 0 Å². The fourth-order valence-corrected chi connectivity index (χ4v) is 3.23. The fourth-order valence-electron chi connectivity index (χ4n) is 3.23. The van der Waals surface area contributed by atoms with E-state index in [-0.39, 0.29) is 12.2 Å². The molecule has 0 aliphatic carbocycles. The van der Waals surface area contributed by atoms with Crippen molar-refractivity contribution in [2.75, 3.05) is 28.4 Å². The van der Waals surface area contributed by atoms with E-state index in [2.05, 4.69) is 0 Å². The summed E-state index contributed by atoms with van der Waals surface area (Å²) in [7, 11) is 6.56. The van der Waals surface area contributed by atoms with Crippen LogP contribution in [0.25, 0.3) is 0 Å². The minimum Gasteiger partial charge on any atom is -0.493 e. The van der Waals surface area contributed by atoms with E-state index in [0.29, 0.717) is 0 Å². The van der Waals surface area contributed by atoms with Gasteiger partial charge in [-0.3, -0.25) is 0 Å². The predicted octanol–water partition coefficient (Wildman–Crippen LogP) is 4.31. The van der Waals surface area contributed by atoms with Gasteiger partial charge in [0.15, 0.2) is 23.0 Å². The zero-order valence-corrected chi connectivity index (χ0v) is 15.1. The standard InChI is InChI=1S/C20H24O5/c1-21-17-7-5-13(11-19(17)23-3)15-9-10-16(25-15)14-6-8-18(22-2)20(12-14)24-4/h5-8,11-12,15-16H,9-10H2,1-4H3/t15-,16+. The molecule has 0 N–H and O–H groups in total. The zero-order chi connectivity index (χ0) is 17.8. The highest BCUT2D eigenvalue weighted by Crippen LogP contribution is 2.44. The number of hydrogen-bond donors (Lipinski definition) is 0. The molecule has 0 aromatic heterocycles. The molecule has 0 radical (unpaired) electrons. The van der Waals surface area contributed by atoms with Gasteiger partial charge in [0.1, 0.15) is 0 Å². The lowest BCUT2D eigenvalue weighted by atomic mass is 10.0. The van der Waals surface area contributed by atoms with E-state index in [1.807, 2.05) is 36.4 Å². The summed E-state index contributed by atoms with van der Waals surface area (Å²) in [4.78, 5) is 0. The van der Waals surface area contributed by atoms with Gasteiger partial charge in [0.25, 0.3) is 0 Å². The zero-order valence-electron chi connectivity index (χ0n) is 15.1. The molecule has 3 rings (SSSR count). The van der Waals surface area contributed by atoms with Gasteiger partial charge in [-0.15, -0.1) is 0 Å². The summed E-state index contributed by atoms with van der Waals surface area (Å²) in [6.07, 6.45) is 1.99. The molecule has 0 spiro atoms. The first kappa shape index (κ1) is 17.4. The van der Waals surface area contributed by atoms with Gasteiger partial charge in [-0.1, -0.05) is 12.1 Å². The van der Waals surface area contributed by atoms with Gasteiger partial charge in [-0.05, 0) is 48.2 Å². The van der Waals surface area contributed by atoms with Crippen molar-refractivity contribution in [3.05, 3.63) is 47.5 Å². The van der Waals surface area contributed by atoms with Crippen molar-refractivity contribution < 1.29 is 23.7 Å². The Bertz CT molecular complexity index is 667. The van der Waals surface area contributed by atoms with Crippen LogP contribution < -0.4 is 18.9 Å². The quantitative estimate of drug-likeness (QED) is 0.781. The van der Waals surface area contributed by atoms with Crippen molar-refractivity contribution in [1.29, 1.82) is 0 Å². The van der Waals surface area contributed by atoms with Crippen LogP contribution in [0.1, 0.15) is 36.2 Å². The van der Waals surface area contributed by atoms with Crippen molar-refractivity contribution in [3.8, 4) is 23.0 Å². The summed E-state index contributed by atoms with van der Waals surface area (Å²) >= 11 is 0. The highest BCUT2D eigenvalue weighted by molar-refractivity contribution is 5.45. The average Bonchev–Trinajstić information content (AvgIpc) is 3.17. The summed E-state index contributed by atoms with van der Waals surface area (Å²) in [6, 6.07) is 11.9. The Morgan fingerprint density at radius 1 is 0.640 bits per heavy atom. The molecule has 0 amide bonds. The lowest BCUT2D eigenvalue weighted by Crippen LogP contribution is -2.01. The Balaban J connectivity index is 1.78. The Kier molecular flexibility index (Phi) is 5.34. The van der Waals surface area contributed by atoms with E-state index in [1.54, 1.807) is 28.4 Å². The predicted molar refractivity (Wildman–Crippen MR) is 94.9 cm³/mol. The lowest BCUT2D eigenvalue weighted by Gasteiger charge is -2.17. The molecular weight excluding hydrogens is 320 g/mol. The average molecular weight is 344 g/mol. The monoisotopic (exact) mass is 344 g/mol. The molecule has 25 heavy (non-hydrogen) atoms. The Morgan fingerprint density at radius 3 is 1.40 bits per heavy atom. The number of hydrogen-bond acceptors (Lipinski definition) is 5. The topological polar surface area (TPSA) is 46.2 Å². The SMILES string of the molecule is COc1ccc([C@@H]2CC[C@H](c3ccc(OC)c(OC)c3)O2)cc1OC. The van der Waals surface area contributed by atoms with Gasteiger partial charge in [0.05, 0.1) is 40.6 Å². The van der Waals surface area contributed by atoms with Crippen LogP contribution in [0.15, 0.2) is 36.4 Å². The maximum absolute atomic E-state index is 6.29. The maximum Gasteiger partial charge on any atom is 0.161 e. The van der Waals surface area contributed by atoms with Gasteiger partial charge >= 0.3 is 0 Å². The summed E-state index contributed by atoms with van der Waals surface area (Å²) in [6.45, 7) is 0. The second-order valence-electron chi connectivity index (χ2n) is 5.92. The number of benzene rings is 2. The normalized spacial score (nSPS) is 19.5. The molecular formula is C20H24O5. The fraction of sp³-hybridized carbons (Fsp3) is 0.400. The van der Waals surface area contributed by atoms with Crippen molar-refractivity contribution in [2.24, 2.45) is 0 Å². The smallest absolute Gasteiger partial charge is 0.161 e. The Hall–Kier alpha value is -2.40. The van der Waals surface area contributed by atoms with Crippen LogP contribution in [-0.4, -0.2) is 28.4 Å². The lowest BCUT2D eigenvalue weighted by molar-refractivity contribution is 0.0438.